The maximum atomic E-state index is 13.3. The fourth-order valence-electron chi connectivity index (χ4n) is 4.70. The highest BCUT2D eigenvalue weighted by molar-refractivity contribution is 6.07. The molecule has 2 aliphatic rings. The molecular weight excluding hydrogens is 406 g/mol. The van der Waals surface area contributed by atoms with Crippen molar-refractivity contribution in [3.63, 3.8) is 0 Å². The lowest BCUT2D eigenvalue weighted by Crippen LogP contribution is -2.50. The standard InChI is InChI=1S/C25H31N3O4/c1-2-32-25(31)27-15-12-20(13-16-27)26-23(29)19-9-6-14-28(17-19)24(30)22-11-5-8-18-7-3-4-10-21(18)22/h3-5,7-8,10-11,19-20H,2,6,9,12-17H2,1H3,(H,26,29). The third-order valence-corrected chi connectivity index (χ3v) is 6.47. The van der Waals surface area contributed by atoms with Crippen molar-refractivity contribution < 1.29 is 19.1 Å². The Labute approximate surface area is 188 Å². The summed E-state index contributed by atoms with van der Waals surface area (Å²) in [6, 6.07) is 13.7. The van der Waals surface area contributed by atoms with E-state index in [0.717, 1.165) is 36.5 Å². The number of amides is 3. The summed E-state index contributed by atoms with van der Waals surface area (Å²) in [5.41, 5.74) is 0.690. The molecule has 1 N–H and O–H groups in total. The number of rotatable bonds is 4. The van der Waals surface area contributed by atoms with Crippen LogP contribution in [0.5, 0.6) is 0 Å². The van der Waals surface area contributed by atoms with Crippen molar-refractivity contribution in [2.24, 2.45) is 5.92 Å². The first-order valence-electron chi connectivity index (χ1n) is 11.6. The average molecular weight is 438 g/mol. The minimum Gasteiger partial charge on any atom is -0.450 e. The quantitative estimate of drug-likeness (QED) is 0.795. The molecule has 2 aromatic rings. The maximum absolute atomic E-state index is 13.3. The van der Waals surface area contributed by atoms with Crippen LogP contribution in [0.3, 0.4) is 0 Å². The highest BCUT2D eigenvalue weighted by atomic mass is 16.6. The molecule has 1 unspecified atom stereocenters. The predicted octanol–water partition coefficient (Wildman–Crippen LogP) is 3.43. The Morgan fingerprint density at radius 3 is 2.50 bits per heavy atom. The molecule has 3 amide bonds. The van der Waals surface area contributed by atoms with Crippen molar-refractivity contribution in [1.82, 2.24) is 15.1 Å². The molecule has 4 rings (SSSR count). The van der Waals surface area contributed by atoms with E-state index in [-0.39, 0.29) is 29.9 Å². The van der Waals surface area contributed by atoms with Gasteiger partial charge in [0.05, 0.1) is 12.5 Å². The van der Waals surface area contributed by atoms with Gasteiger partial charge < -0.3 is 19.9 Å². The minimum absolute atomic E-state index is 0.00926. The van der Waals surface area contributed by atoms with Crippen molar-refractivity contribution in [2.75, 3.05) is 32.8 Å². The highest BCUT2D eigenvalue weighted by Gasteiger charge is 2.31. The molecule has 2 saturated heterocycles. The average Bonchev–Trinajstić information content (AvgIpc) is 2.84. The molecule has 0 spiro atoms. The number of nitrogens with one attached hydrogen (secondary N) is 1. The monoisotopic (exact) mass is 437 g/mol. The van der Waals surface area contributed by atoms with E-state index in [1.54, 1.807) is 11.8 Å². The third kappa shape index (κ3) is 4.87. The summed E-state index contributed by atoms with van der Waals surface area (Å²) in [6.45, 7) is 4.44. The lowest BCUT2D eigenvalue weighted by Gasteiger charge is -2.35. The van der Waals surface area contributed by atoms with Gasteiger partial charge in [0, 0.05) is 37.8 Å². The second-order valence-electron chi connectivity index (χ2n) is 8.59. The summed E-state index contributed by atoms with van der Waals surface area (Å²) in [5, 5.41) is 5.14. The number of ether oxygens (including phenoxy) is 1. The van der Waals surface area contributed by atoms with E-state index < -0.39 is 0 Å². The Hall–Kier alpha value is -3.09. The van der Waals surface area contributed by atoms with Gasteiger partial charge in [0.25, 0.3) is 5.91 Å². The van der Waals surface area contributed by atoms with E-state index in [9.17, 15) is 14.4 Å². The number of fused-ring (bicyclic) bond motifs is 1. The van der Waals surface area contributed by atoms with E-state index >= 15 is 0 Å². The molecular formula is C25H31N3O4. The summed E-state index contributed by atoms with van der Waals surface area (Å²) in [7, 11) is 0. The zero-order chi connectivity index (χ0) is 22.5. The first kappa shape index (κ1) is 22.1. The summed E-state index contributed by atoms with van der Waals surface area (Å²) in [4.78, 5) is 41.6. The van der Waals surface area contributed by atoms with E-state index in [0.29, 0.717) is 38.3 Å². The van der Waals surface area contributed by atoms with Gasteiger partial charge in [-0.1, -0.05) is 36.4 Å². The van der Waals surface area contributed by atoms with Crippen molar-refractivity contribution >= 4 is 28.7 Å². The fourth-order valence-corrected chi connectivity index (χ4v) is 4.70. The van der Waals surface area contributed by atoms with Crippen LogP contribution in [-0.4, -0.2) is 66.5 Å². The van der Waals surface area contributed by atoms with Crippen LogP contribution in [0, 0.1) is 5.92 Å². The van der Waals surface area contributed by atoms with Crippen molar-refractivity contribution in [3.05, 3.63) is 48.0 Å². The van der Waals surface area contributed by atoms with E-state index in [4.69, 9.17) is 4.74 Å². The zero-order valence-electron chi connectivity index (χ0n) is 18.6. The molecule has 7 nitrogen and oxygen atoms in total. The Bertz CT molecular complexity index is 979. The van der Waals surface area contributed by atoms with Crippen molar-refractivity contribution in [2.45, 2.75) is 38.6 Å². The number of hydrogen-bond donors (Lipinski definition) is 1. The van der Waals surface area contributed by atoms with Crippen LogP contribution in [0.2, 0.25) is 0 Å². The van der Waals surface area contributed by atoms with E-state index in [1.165, 1.54) is 0 Å². The molecule has 7 heteroatoms. The van der Waals surface area contributed by atoms with Gasteiger partial charge in [0.15, 0.2) is 0 Å². The molecule has 0 radical (unpaired) electrons. The Morgan fingerprint density at radius 1 is 0.969 bits per heavy atom. The molecule has 2 aliphatic heterocycles. The van der Waals surface area contributed by atoms with Crippen LogP contribution in [0.25, 0.3) is 10.8 Å². The highest BCUT2D eigenvalue weighted by Crippen LogP contribution is 2.24. The molecule has 0 aliphatic carbocycles. The molecule has 2 aromatic carbocycles. The summed E-state index contributed by atoms with van der Waals surface area (Å²) in [6.07, 6.45) is 2.75. The molecule has 2 fully saturated rings. The van der Waals surface area contributed by atoms with Crippen LogP contribution >= 0.6 is 0 Å². The molecule has 1 atom stereocenters. The Balaban J connectivity index is 1.34. The van der Waals surface area contributed by atoms with Gasteiger partial charge in [0.1, 0.15) is 0 Å². The number of likely N-dealkylation sites (tertiary alicyclic amines) is 2. The van der Waals surface area contributed by atoms with Gasteiger partial charge in [-0.3, -0.25) is 9.59 Å². The number of hydrogen-bond acceptors (Lipinski definition) is 4. The molecule has 0 bridgehead atoms. The number of carbonyl (C=O) groups excluding carboxylic acids is 3. The Kier molecular flexibility index (Phi) is 6.93. The minimum atomic E-state index is -0.285. The molecule has 32 heavy (non-hydrogen) atoms. The topological polar surface area (TPSA) is 79.0 Å². The van der Waals surface area contributed by atoms with Gasteiger partial charge in [0.2, 0.25) is 5.91 Å². The second kappa shape index (κ2) is 10.0. The predicted molar refractivity (Wildman–Crippen MR) is 122 cm³/mol. The molecule has 2 heterocycles. The number of benzene rings is 2. The van der Waals surface area contributed by atoms with Crippen LogP contribution in [0.1, 0.15) is 43.0 Å². The molecule has 0 saturated carbocycles. The first-order chi connectivity index (χ1) is 15.6. The van der Waals surface area contributed by atoms with Gasteiger partial charge in [-0.15, -0.1) is 0 Å². The largest absolute Gasteiger partial charge is 0.450 e. The SMILES string of the molecule is CCOC(=O)N1CCC(NC(=O)C2CCCN(C(=O)c3cccc4ccccc34)C2)CC1. The van der Waals surface area contributed by atoms with E-state index in [2.05, 4.69) is 5.32 Å². The second-order valence-corrected chi connectivity index (χ2v) is 8.59. The summed E-state index contributed by atoms with van der Waals surface area (Å²) in [5.74, 6) is -0.206. The van der Waals surface area contributed by atoms with Crippen LogP contribution in [-0.2, 0) is 9.53 Å². The number of piperidine rings is 2. The lowest BCUT2D eigenvalue weighted by molar-refractivity contribution is -0.127. The first-order valence-corrected chi connectivity index (χ1v) is 11.6. The number of nitrogens with zero attached hydrogens (tertiary/aromatic N) is 2. The van der Waals surface area contributed by atoms with Crippen LogP contribution in [0.15, 0.2) is 42.5 Å². The molecule has 170 valence electrons. The van der Waals surface area contributed by atoms with Crippen LogP contribution in [0.4, 0.5) is 4.79 Å². The fraction of sp³-hybridized carbons (Fsp3) is 0.480. The Morgan fingerprint density at radius 2 is 1.72 bits per heavy atom. The van der Waals surface area contributed by atoms with Gasteiger partial charge >= 0.3 is 6.09 Å². The van der Waals surface area contributed by atoms with Crippen molar-refractivity contribution in [1.29, 1.82) is 0 Å². The number of carbonyl (C=O) groups is 3. The zero-order valence-corrected chi connectivity index (χ0v) is 18.6. The normalized spacial score (nSPS) is 19.6. The summed E-state index contributed by atoms with van der Waals surface area (Å²) >= 11 is 0. The molecule has 0 aromatic heterocycles. The van der Waals surface area contributed by atoms with E-state index in [1.807, 2.05) is 47.4 Å². The van der Waals surface area contributed by atoms with Crippen molar-refractivity contribution in [3.8, 4) is 0 Å². The summed E-state index contributed by atoms with van der Waals surface area (Å²) < 4.78 is 5.05. The van der Waals surface area contributed by atoms with Gasteiger partial charge in [-0.2, -0.15) is 0 Å². The van der Waals surface area contributed by atoms with Gasteiger partial charge in [-0.25, -0.2) is 4.79 Å². The van der Waals surface area contributed by atoms with Crippen LogP contribution < -0.4 is 5.32 Å². The smallest absolute Gasteiger partial charge is 0.409 e. The third-order valence-electron chi connectivity index (χ3n) is 6.47. The lowest BCUT2D eigenvalue weighted by atomic mass is 9.94. The maximum Gasteiger partial charge on any atom is 0.409 e. The van der Waals surface area contributed by atoms with Gasteiger partial charge in [-0.05, 0) is 49.4 Å².